The van der Waals surface area contributed by atoms with Gasteiger partial charge in [-0.3, -0.25) is 4.79 Å². The molecule has 0 spiro atoms. The fraction of sp³-hybridized carbons (Fsp3) is 0.292. The lowest BCUT2D eigenvalue weighted by Gasteiger charge is -2.40. The van der Waals surface area contributed by atoms with Crippen LogP contribution in [0.25, 0.3) is 5.69 Å². The number of amides is 2. The first kappa shape index (κ1) is 20.7. The highest BCUT2D eigenvalue weighted by atomic mass is 16.5. The Morgan fingerprint density at radius 3 is 2.52 bits per heavy atom. The van der Waals surface area contributed by atoms with Gasteiger partial charge in [0.1, 0.15) is 0 Å². The maximum atomic E-state index is 12.8. The number of nitrogens with zero attached hydrogens (tertiary/aromatic N) is 3. The first-order chi connectivity index (χ1) is 15.1. The standard InChI is InChI=1S/C24H26N4O3/c1-31-22(29)24(20-8-3-2-4-9-20)11-15-27(16-12-24)23(30)25-18-19-7-5-10-21(17-19)28-14-6-13-26-28/h2-10,13-14,17H,11-12,15-16,18H2,1H3,(H,25,30). The van der Waals surface area contributed by atoms with Gasteiger partial charge in [-0.15, -0.1) is 0 Å². The van der Waals surface area contributed by atoms with Crippen molar-refractivity contribution < 1.29 is 14.3 Å². The Balaban J connectivity index is 1.38. The second-order valence-corrected chi connectivity index (χ2v) is 7.71. The molecule has 160 valence electrons. The Hall–Kier alpha value is -3.61. The molecule has 7 nitrogen and oxygen atoms in total. The highest BCUT2D eigenvalue weighted by Gasteiger charge is 2.44. The van der Waals surface area contributed by atoms with Crippen molar-refractivity contribution in [3.05, 3.63) is 84.2 Å². The molecule has 2 heterocycles. The number of hydrogen-bond donors (Lipinski definition) is 1. The Morgan fingerprint density at radius 1 is 1.06 bits per heavy atom. The lowest BCUT2D eigenvalue weighted by atomic mass is 9.73. The number of carbonyl (C=O) groups excluding carboxylic acids is 2. The summed E-state index contributed by atoms with van der Waals surface area (Å²) in [6, 6.07) is 19.3. The SMILES string of the molecule is COC(=O)C1(c2ccccc2)CCN(C(=O)NCc2cccc(-n3cccn3)c2)CC1. The van der Waals surface area contributed by atoms with Gasteiger partial charge in [-0.2, -0.15) is 5.10 Å². The molecular formula is C24H26N4O3. The Bertz CT molecular complexity index is 1030. The first-order valence-corrected chi connectivity index (χ1v) is 10.4. The van der Waals surface area contributed by atoms with Crippen LogP contribution in [0.15, 0.2) is 73.1 Å². The second kappa shape index (κ2) is 9.04. The van der Waals surface area contributed by atoms with Crippen molar-refractivity contribution in [3.8, 4) is 5.69 Å². The summed E-state index contributed by atoms with van der Waals surface area (Å²) in [6.07, 6.45) is 4.68. The van der Waals surface area contributed by atoms with Gasteiger partial charge in [0, 0.05) is 32.0 Å². The number of likely N-dealkylation sites (tertiary alicyclic amines) is 1. The topological polar surface area (TPSA) is 76.5 Å². The van der Waals surface area contributed by atoms with Crippen molar-refractivity contribution in [3.63, 3.8) is 0 Å². The normalized spacial score (nSPS) is 15.3. The average molecular weight is 418 g/mol. The number of benzene rings is 2. The van der Waals surface area contributed by atoms with Gasteiger partial charge in [0.25, 0.3) is 0 Å². The van der Waals surface area contributed by atoms with Crippen LogP contribution in [0.4, 0.5) is 4.79 Å². The van der Waals surface area contributed by atoms with Gasteiger partial charge in [0.05, 0.1) is 18.2 Å². The van der Waals surface area contributed by atoms with Crippen LogP contribution in [0.3, 0.4) is 0 Å². The summed E-state index contributed by atoms with van der Waals surface area (Å²) in [7, 11) is 1.42. The van der Waals surface area contributed by atoms with E-state index in [9.17, 15) is 9.59 Å². The van der Waals surface area contributed by atoms with E-state index >= 15 is 0 Å². The molecule has 2 aromatic carbocycles. The molecule has 1 saturated heterocycles. The molecule has 4 rings (SSSR count). The summed E-state index contributed by atoms with van der Waals surface area (Å²) in [5.74, 6) is -0.241. The third-order valence-electron chi connectivity index (χ3n) is 5.93. The van der Waals surface area contributed by atoms with E-state index in [1.54, 1.807) is 15.8 Å². The largest absolute Gasteiger partial charge is 0.468 e. The van der Waals surface area contributed by atoms with Crippen molar-refractivity contribution >= 4 is 12.0 Å². The van der Waals surface area contributed by atoms with Crippen molar-refractivity contribution in [2.75, 3.05) is 20.2 Å². The molecule has 0 aliphatic carbocycles. The fourth-order valence-corrected chi connectivity index (χ4v) is 4.17. The molecule has 0 unspecified atom stereocenters. The van der Waals surface area contributed by atoms with Gasteiger partial charge in [0.2, 0.25) is 0 Å². The Kier molecular flexibility index (Phi) is 6.02. The van der Waals surface area contributed by atoms with Gasteiger partial charge in [-0.05, 0) is 42.2 Å². The molecule has 0 atom stereocenters. The third-order valence-corrected chi connectivity index (χ3v) is 5.93. The predicted molar refractivity (Wildman–Crippen MR) is 117 cm³/mol. The van der Waals surface area contributed by atoms with E-state index in [4.69, 9.17) is 4.74 Å². The number of hydrogen-bond acceptors (Lipinski definition) is 4. The van der Waals surface area contributed by atoms with Gasteiger partial charge >= 0.3 is 12.0 Å². The molecule has 0 bridgehead atoms. The summed E-state index contributed by atoms with van der Waals surface area (Å²) in [6.45, 7) is 1.40. The lowest BCUT2D eigenvalue weighted by Crippen LogP contribution is -2.51. The molecule has 1 fully saturated rings. The summed E-state index contributed by atoms with van der Waals surface area (Å²) in [5.41, 5.74) is 2.18. The maximum absolute atomic E-state index is 12.8. The van der Waals surface area contributed by atoms with Gasteiger partial charge in [-0.1, -0.05) is 42.5 Å². The highest BCUT2D eigenvalue weighted by molar-refractivity contribution is 5.84. The van der Waals surface area contributed by atoms with E-state index in [0.29, 0.717) is 32.5 Å². The molecule has 1 aromatic heterocycles. The molecular weight excluding hydrogens is 392 g/mol. The van der Waals surface area contributed by atoms with Crippen molar-refractivity contribution in [2.24, 2.45) is 0 Å². The van der Waals surface area contributed by atoms with E-state index < -0.39 is 5.41 Å². The Morgan fingerprint density at radius 2 is 1.84 bits per heavy atom. The van der Waals surface area contributed by atoms with Gasteiger partial charge in [-0.25, -0.2) is 9.48 Å². The average Bonchev–Trinajstić information content (AvgIpc) is 3.38. The zero-order valence-electron chi connectivity index (χ0n) is 17.5. The van der Waals surface area contributed by atoms with E-state index in [1.807, 2.05) is 66.9 Å². The first-order valence-electron chi connectivity index (χ1n) is 10.4. The molecule has 0 saturated carbocycles. The minimum Gasteiger partial charge on any atom is -0.468 e. The van der Waals surface area contributed by atoms with Crippen molar-refractivity contribution in [1.29, 1.82) is 0 Å². The van der Waals surface area contributed by atoms with E-state index in [-0.39, 0.29) is 12.0 Å². The molecule has 2 amide bonds. The van der Waals surface area contributed by atoms with Crippen LogP contribution in [0.1, 0.15) is 24.0 Å². The molecule has 31 heavy (non-hydrogen) atoms. The summed E-state index contributed by atoms with van der Waals surface area (Å²) < 4.78 is 6.91. The van der Waals surface area contributed by atoms with Crippen LogP contribution < -0.4 is 5.32 Å². The van der Waals surface area contributed by atoms with Crippen LogP contribution in [0.5, 0.6) is 0 Å². The zero-order chi connectivity index (χ0) is 21.7. The van der Waals surface area contributed by atoms with Crippen LogP contribution in [0.2, 0.25) is 0 Å². The number of esters is 1. The second-order valence-electron chi connectivity index (χ2n) is 7.71. The third kappa shape index (κ3) is 4.30. The number of nitrogens with one attached hydrogen (secondary N) is 1. The maximum Gasteiger partial charge on any atom is 0.317 e. The number of aromatic nitrogens is 2. The van der Waals surface area contributed by atoms with E-state index in [1.165, 1.54) is 7.11 Å². The number of urea groups is 1. The highest BCUT2D eigenvalue weighted by Crippen LogP contribution is 2.36. The molecule has 1 aliphatic heterocycles. The predicted octanol–water partition coefficient (Wildman–Crippen LogP) is 3.29. The number of piperidine rings is 1. The molecule has 1 aliphatic rings. The van der Waals surface area contributed by atoms with E-state index in [0.717, 1.165) is 16.8 Å². The van der Waals surface area contributed by atoms with Crippen LogP contribution in [-0.2, 0) is 21.5 Å². The minimum atomic E-state index is -0.703. The summed E-state index contributed by atoms with van der Waals surface area (Å²) >= 11 is 0. The van der Waals surface area contributed by atoms with E-state index in [2.05, 4.69) is 10.4 Å². The number of carbonyl (C=O) groups is 2. The minimum absolute atomic E-state index is 0.129. The zero-order valence-corrected chi connectivity index (χ0v) is 17.5. The monoisotopic (exact) mass is 418 g/mol. The molecule has 7 heteroatoms. The number of methoxy groups -OCH3 is 1. The smallest absolute Gasteiger partial charge is 0.317 e. The van der Waals surface area contributed by atoms with Gasteiger partial charge < -0.3 is 15.0 Å². The number of ether oxygens (including phenoxy) is 1. The number of rotatable bonds is 5. The van der Waals surface area contributed by atoms with Crippen molar-refractivity contribution in [1.82, 2.24) is 20.0 Å². The fourth-order valence-electron chi connectivity index (χ4n) is 4.17. The summed E-state index contributed by atoms with van der Waals surface area (Å²) in [4.78, 5) is 27.2. The molecule has 1 N–H and O–H groups in total. The summed E-state index contributed by atoms with van der Waals surface area (Å²) in [5, 5.41) is 7.23. The van der Waals surface area contributed by atoms with Crippen LogP contribution in [0, 0.1) is 0 Å². The quantitative estimate of drug-likeness (QED) is 0.645. The van der Waals surface area contributed by atoms with Crippen LogP contribution >= 0.6 is 0 Å². The molecule has 3 aromatic rings. The lowest BCUT2D eigenvalue weighted by molar-refractivity contribution is -0.149. The van der Waals surface area contributed by atoms with Gasteiger partial charge in [0.15, 0.2) is 0 Å². The Labute approximate surface area is 181 Å². The van der Waals surface area contributed by atoms with Crippen LogP contribution in [-0.4, -0.2) is 46.9 Å². The molecule has 0 radical (unpaired) electrons. The van der Waals surface area contributed by atoms with Crippen molar-refractivity contribution in [2.45, 2.75) is 24.8 Å².